The highest BCUT2D eigenvalue weighted by Crippen LogP contribution is 2.25. The normalized spacial score (nSPS) is 38.2. The van der Waals surface area contributed by atoms with E-state index in [4.69, 9.17) is 0 Å². The summed E-state index contributed by atoms with van der Waals surface area (Å²) >= 11 is 2.53. The molecule has 0 bridgehead atoms. The molecule has 0 aromatic carbocycles. The molecule has 0 amide bonds. The van der Waals surface area contributed by atoms with Crippen LogP contribution in [0.1, 0.15) is 19.3 Å². The van der Waals surface area contributed by atoms with Crippen LogP contribution in [0.15, 0.2) is 0 Å². The molecule has 1 rings (SSSR count). The van der Waals surface area contributed by atoms with Gasteiger partial charge in [0.25, 0.3) is 0 Å². The molecule has 1 nitrogen and oxygen atoms in total. The van der Waals surface area contributed by atoms with Crippen molar-refractivity contribution in [2.45, 2.75) is 29.2 Å². The van der Waals surface area contributed by atoms with Crippen LogP contribution in [-0.2, 0) is 0 Å². The van der Waals surface area contributed by atoms with Crippen LogP contribution in [0.3, 0.4) is 0 Å². The van der Waals surface area contributed by atoms with E-state index in [1.54, 1.807) is 0 Å². The number of halogens is 1. The standard InChI is InChI=1S/C6H12IN/c1-8-6-4-2-3-5(6)7/h5-6,8H,2-4H2,1H3. The number of alkyl halides is 1. The lowest BCUT2D eigenvalue weighted by Crippen LogP contribution is -2.28. The molecule has 2 atom stereocenters. The molecule has 1 aliphatic carbocycles. The number of hydrogen-bond donors (Lipinski definition) is 1. The van der Waals surface area contributed by atoms with Crippen molar-refractivity contribution in [1.29, 1.82) is 0 Å². The van der Waals surface area contributed by atoms with E-state index in [0.29, 0.717) is 0 Å². The van der Waals surface area contributed by atoms with Crippen LogP contribution in [0.25, 0.3) is 0 Å². The summed E-state index contributed by atoms with van der Waals surface area (Å²) in [5.41, 5.74) is 0. The predicted molar refractivity (Wildman–Crippen MR) is 44.5 cm³/mol. The van der Waals surface area contributed by atoms with Gasteiger partial charge in [-0.3, -0.25) is 0 Å². The van der Waals surface area contributed by atoms with Crippen LogP contribution >= 0.6 is 22.6 Å². The van der Waals surface area contributed by atoms with E-state index in [-0.39, 0.29) is 0 Å². The van der Waals surface area contributed by atoms with E-state index in [0.717, 1.165) is 9.97 Å². The third-order valence-corrected chi connectivity index (χ3v) is 3.29. The van der Waals surface area contributed by atoms with E-state index in [9.17, 15) is 0 Å². The first-order valence-corrected chi connectivity index (χ1v) is 4.40. The second-order valence-corrected chi connectivity index (χ2v) is 3.94. The fraction of sp³-hybridized carbons (Fsp3) is 1.00. The minimum atomic E-state index is 0.801. The van der Waals surface area contributed by atoms with Gasteiger partial charge < -0.3 is 5.32 Å². The summed E-state index contributed by atoms with van der Waals surface area (Å²) < 4.78 is 0.887. The maximum atomic E-state index is 3.31. The van der Waals surface area contributed by atoms with Gasteiger partial charge >= 0.3 is 0 Å². The van der Waals surface area contributed by atoms with Gasteiger partial charge in [0, 0.05) is 9.97 Å². The molecule has 48 valence electrons. The van der Waals surface area contributed by atoms with Crippen LogP contribution in [0.4, 0.5) is 0 Å². The maximum Gasteiger partial charge on any atom is 0.0263 e. The van der Waals surface area contributed by atoms with Gasteiger partial charge in [-0.2, -0.15) is 0 Å². The smallest absolute Gasteiger partial charge is 0.0263 e. The van der Waals surface area contributed by atoms with Crippen molar-refractivity contribution < 1.29 is 0 Å². The summed E-state index contributed by atoms with van der Waals surface area (Å²) in [6.07, 6.45) is 4.20. The predicted octanol–water partition coefficient (Wildman–Crippen LogP) is 1.56. The van der Waals surface area contributed by atoms with Gasteiger partial charge in [-0.25, -0.2) is 0 Å². The van der Waals surface area contributed by atoms with Gasteiger partial charge in [-0.05, 0) is 19.9 Å². The Hall–Kier alpha value is 0.690. The Labute approximate surface area is 64.4 Å². The van der Waals surface area contributed by atoms with Gasteiger partial charge in [0.05, 0.1) is 0 Å². The first kappa shape index (κ1) is 6.81. The lowest BCUT2D eigenvalue weighted by molar-refractivity contribution is 0.601. The largest absolute Gasteiger partial charge is 0.316 e. The highest BCUT2D eigenvalue weighted by atomic mass is 127. The van der Waals surface area contributed by atoms with Crippen molar-refractivity contribution in [3.63, 3.8) is 0 Å². The zero-order chi connectivity index (χ0) is 5.98. The molecule has 0 aromatic heterocycles. The summed E-state index contributed by atoms with van der Waals surface area (Å²) in [6.45, 7) is 0. The van der Waals surface area contributed by atoms with Gasteiger partial charge in [-0.1, -0.05) is 29.0 Å². The molecular formula is C6H12IN. The van der Waals surface area contributed by atoms with Crippen molar-refractivity contribution in [3.8, 4) is 0 Å². The fourth-order valence-corrected chi connectivity index (χ4v) is 2.40. The zero-order valence-corrected chi connectivity index (χ0v) is 7.31. The third kappa shape index (κ3) is 1.35. The quantitative estimate of drug-likeness (QED) is 0.527. The molecule has 8 heavy (non-hydrogen) atoms. The molecule has 1 saturated carbocycles. The van der Waals surface area contributed by atoms with Crippen molar-refractivity contribution >= 4 is 22.6 Å². The maximum absolute atomic E-state index is 3.31. The lowest BCUT2D eigenvalue weighted by atomic mass is 10.3. The first-order valence-electron chi connectivity index (χ1n) is 3.16. The summed E-state index contributed by atoms with van der Waals surface area (Å²) in [6, 6.07) is 0.801. The topological polar surface area (TPSA) is 12.0 Å². The average molecular weight is 225 g/mol. The molecule has 1 fully saturated rings. The Morgan fingerprint density at radius 3 is 2.50 bits per heavy atom. The van der Waals surface area contributed by atoms with E-state index in [2.05, 4.69) is 35.0 Å². The van der Waals surface area contributed by atoms with Crippen molar-refractivity contribution in [2.24, 2.45) is 0 Å². The molecule has 1 aliphatic rings. The molecule has 2 heteroatoms. The zero-order valence-electron chi connectivity index (χ0n) is 5.15. The molecule has 0 radical (unpaired) electrons. The molecule has 0 heterocycles. The molecule has 1 N–H and O–H groups in total. The van der Waals surface area contributed by atoms with Gasteiger partial charge in [0.15, 0.2) is 0 Å². The minimum Gasteiger partial charge on any atom is -0.316 e. The lowest BCUT2D eigenvalue weighted by Gasteiger charge is -2.10. The Kier molecular flexibility index (Phi) is 2.56. The van der Waals surface area contributed by atoms with Crippen LogP contribution in [-0.4, -0.2) is 17.0 Å². The van der Waals surface area contributed by atoms with Crippen molar-refractivity contribution in [3.05, 3.63) is 0 Å². The fourth-order valence-electron chi connectivity index (χ4n) is 1.24. The van der Waals surface area contributed by atoms with Gasteiger partial charge in [0.1, 0.15) is 0 Å². The van der Waals surface area contributed by atoms with Crippen LogP contribution in [0.5, 0.6) is 0 Å². The molecule has 0 saturated heterocycles. The summed E-state index contributed by atoms with van der Waals surface area (Å²) in [4.78, 5) is 0. The van der Waals surface area contributed by atoms with Crippen molar-refractivity contribution in [1.82, 2.24) is 5.32 Å². The van der Waals surface area contributed by atoms with E-state index in [1.807, 2.05) is 0 Å². The summed E-state index contributed by atoms with van der Waals surface area (Å²) in [5, 5.41) is 3.31. The SMILES string of the molecule is CNC1CCCC1I. The van der Waals surface area contributed by atoms with Gasteiger partial charge in [-0.15, -0.1) is 0 Å². The molecule has 0 aromatic rings. The van der Waals surface area contributed by atoms with E-state index >= 15 is 0 Å². The third-order valence-electron chi connectivity index (χ3n) is 1.80. The molecule has 0 spiro atoms. The summed E-state index contributed by atoms with van der Waals surface area (Å²) in [5.74, 6) is 0. The Morgan fingerprint density at radius 2 is 2.25 bits per heavy atom. The molecular weight excluding hydrogens is 213 g/mol. The number of nitrogens with one attached hydrogen (secondary N) is 1. The molecule has 0 aliphatic heterocycles. The van der Waals surface area contributed by atoms with Crippen LogP contribution in [0, 0.1) is 0 Å². The van der Waals surface area contributed by atoms with Crippen molar-refractivity contribution in [2.75, 3.05) is 7.05 Å². The highest BCUT2D eigenvalue weighted by Gasteiger charge is 2.22. The Bertz CT molecular complexity index is 74.9. The van der Waals surface area contributed by atoms with Crippen LogP contribution < -0.4 is 5.32 Å². The van der Waals surface area contributed by atoms with Crippen LogP contribution in [0.2, 0.25) is 0 Å². The van der Waals surface area contributed by atoms with E-state index in [1.165, 1.54) is 19.3 Å². The first-order chi connectivity index (χ1) is 3.84. The average Bonchev–Trinajstić information content (AvgIpc) is 2.14. The Morgan fingerprint density at radius 1 is 1.50 bits per heavy atom. The minimum absolute atomic E-state index is 0.801. The monoisotopic (exact) mass is 225 g/mol. The highest BCUT2D eigenvalue weighted by molar-refractivity contribution is 14.1. The Balaban J connectivity index is 2.30. The summed E-state index contributed by atoms with van der Waals surface area (Å²) in [7, 11) is 2.06. The second kappa shape index (κ2) is 3.01. The van der Waals surface area contributed by atoms with Gasteiger partial charge in [0.2, 0.25) is 0 Å². The number of rotatable bonds is 1. The second-order valence-electron chi connectivity index (χ2n) is 2.34. The number of hydrogen-bond acceptors (Lipinski definition) is 1. The molecule has 2 unspecified atom stereocenters. The van der Waals surface area contributed by atoms with E-state index < -0.39 is 0 Å².